The lowest BCUT2D eigenvalue weighted by atomic mass is 9.85. The standard InChI is InChI=1S/C17H36N2/c1-7-15(6)11-19-12-16(10-14(4)5)18-13-17(19,8-2)9-3/h14-16,18H,7-13H2,1-6H3. The molecule has 1 N–H and O–H groups in total. The Labute approximate surface area is 121 Å². The number of nitrogens with one attached hydrogen (secondary N) is 1. The highest BCUT2D eigenvalue weighted by Gasteiger charge is 2.38. The predicted molar refractivity (Wildman–Crippen MR) is 85.6 cm³/mol. The summed E-state index contributed by atoms with van der Waals surface area (Å²) in [5.41, 5.74) is 0.400. The smallest absolute Gasteiger partial charge is 0.0329 e. The van der Waals surface area contributed by atoms with Crippen LogP contribution in [0.15, 0.2) is 0 Å². The van der Waals surface area contributed by atoms with Crippen molar-refractivity contribution in [3.63, 3.8) is 0 Å². The molecule has 1 saturated heterocycles. The van der Waals surface area contributed by atoms with Gasteiger partial charge in [-0.2, -0.15) is 0 Å². The third kappa shape index (κ3) is 4.46. The van der Waals surface area contributed by atoms with Gasteiger partial charge >= 0.3 is 0 Å². The van der Waals surface area contributed by atoms with Crippen LogP contribution in [0.3, 0.4) is 0 Å². The topological polar surface area (TPSA) is 15.3 Å². The van der Waals surface area contributed by atoms with Gasteiger partial charge in [0.2, 0.25) is 0 Å². The van der Waals surface area contributed by atoms with Crippen LogP contribution in [0, 0.1) is 11.8 Å². The van der Waals surface area contributed by atoms with Crippen LogP contribution in [0.5, 0.6) is 0 Å². The lowest BCUT2D eigenvalue weighted by molar-refractivity contribution is 0.0165. The first-order chi connectivity index (χ1) is 8.97. The first-order valence-corrected chi connectivity index (χ1v) is 8.45. The maximum atomic E-state index is 3.82. The molecule has 0 radical (unpaired) electrons. The fraction of sp³-hybridized carbons (Fsp3) is 1.00. The summed E-state index contributed by atoms with van der Waals surface area (Å²) in [5, 5.41) is 3.82. The van der Waals surface area contributed by atoms with Gasteiger partial charge in [-0.15, -0.1) is 0 Å². The summed E-state index contributed by atoms with van der Waals surface area (Å²) >= 11 is 0. The van der Waals surface area contributed by atoms with Crippen molar-refractivity contribution in [2.24, 2.45) is 11.8 Å². The maximum Gasteiger partial charge on any atom is 0.0329 e. The van der Waals surface area contributed by atoms with E-state index in [0.717, 1.165) is 11.8 Å². The van der Waals surface area contributed by atoms with Gasteiger partial charge in [0.1, 0.15) is 0 Å². The van der Waals surface area contributed by atoms with Crippen LogP contribution in [-0.2, 0) is 0 Å². The molecule has 2 nitrogen and oxygen atoms in total. The van der Waals surface area contributed by atoms with E-state index in [4.69, 9.17) is 0 Å². The van der Waals surface area contributed by atoms with E-state index in [1.807, 2.05) is 0 Å². The summed E-state index contributed by atoms with van der Waals surface area (Å²) in [6, 6.07) is 0.690. The Hall–Kier alpha value is -0.0800. The van der Waals surface area contributed by atoms with Crippen LogP contribution < -0.4 is 5.32 Å². The maximum absolute atomic E-state index is 3.82. The summed E-state index contributed by atoms with van der Waals surface area (Å²) in [6.45, 7) is 17.8. The molecule has 0 aromatic carbocycles. The molecule has 114 valence electrons. The van der Waals surface area contributed by atoms with Crippen molar-refractivity contribution in [2.45, 2.75) is 78.8 Å². The van der Waals surface area contributed by atoms with E-state index in [1.54, 1.807) is 0 Å². The number of piperazine rings is 1. The molecule has 1 fully saturated rings. The Bertz CT molecular complexity index is 246. The number of nitrogens with zero attached hydrogens (tertiary/aromatic N) is 1. The van der Waals surface area contributed by atoms with E-state index in [9.17, 15) is 0 Å². The minimum absolute atomic E-state index is 0.400. The van der Waals surface area contributed by atoms with Gasteiger partial charge in [0.15, 0.2) is 0 Å². The number of hydrogen-bond donors (Lipinski definition) is 1. The fourth-order valence-electron chi connectivity index (χ4n) is 3.42. The average Bonchev–Trinajstić information content (AvgIpc) is 2.39. The van der Waals surface area contributed by atoms with E-state index in [1.165, 1.54) is 45.3 Å². The Morgan fingerprint density at radius 2 is 1.79 bits per heavy atom. The van der Waals surface area contributed by atoms with E-state index >= 15 is 0 Å². The third-order valence-electron chi connectivity index (χ3n) is 5.13. The molecular weight excluding hydrogens is 232 g/mol. The van der Waals surface area contributed by atoms with E-state index in [-0.39, 0.29) is 0 Å². The van der Waals surface area contributed by atoms with E-state index < -0.39 is 0 Å². The summed E-state index contributed by atoms with van der Waals surface area (Å²) in [4.78, 5) is 2.81. The van der Waals surface area contributed by atoms with Gasteiger partial charge in [-0.3, -0.25) is 4.90 Å². The fourth-order valence-corrected chi connectivity index (χ4v) is 3.42. The highest BCUT2D eigenvalue weighted by molar-refractivity contribution is 4.98. The Morgan fingerprint density at radius 3 is 2.26 bits per heavy atom. The summed E-state index contributed by atoms with van der Waals surface area (Å²) < 4.78 is 0. The monoisotopic (exact) mass is 268 g/mol. The molecule has 0 aromatic heterocycles. The van der Waals surface area contributed by atoms with Crippen LogP contribution in [0.1, 0.15) is 67.2 Å². The molecular formula is C17H36N2. The van der Waals surface area contributed by atoms with Crippen molar-refractivity contribution >= 4 is 0 Å². The van der Waals surface area contributed by atoms with E-state index in [2.05, 4.69) is 51.8 Å². The highest BCUT2D eigenvalue weighted by Crippen LogP contribution is 2.29. The normalized spacial score (nSPS) is 25.7. The average molecular weight is 268 g/mol. The van der Waals surface area contributed by atoms with Crippen LogP contribution in [0.4, 0.5) is 0 Å². The minimum Gasteiger partial charge on any atom is -0.311 e. The SMILES string of the molecule is CCC(C)CN1CC(CC(C)C)NCC1(CC)CC. The second-order valence-electron chi connectivity index (χ2n) is 7.06. The first-order valence-electron chi connectivity index (χ1n) is 8.45. The molecule has 0 amide bonds. The molecule has 2 heteroatoms. The molecule has 1 rings (SSSR count). The first kappa shape index (κ1) is 17.0. The molecule has 19 heavy (non-hydrogen) atoms. The second kappa shape index (κ2) is 7.64. The van der Waals surface area contributed by atoms with Crippen molar-refractivity contribution in [3.8, 4) is 0 Å². The zero-order valence-electron chi connectivity index (χ0n) is 14.1. The Balaban J connectivity index is 2.73. The molecule has 1 aliphatic heterocycles. The van der Waals surface area contributed by atoms with E-state index in [0.29, 0.717) is 11.6 Å². The number of hydrogen-bond acceptors (Lipinski definition) is 2. The molecule has 0 saturated carbocycles. The molecule has 0 aliphatic carbocycles. The van der Waals surface area contributed by atoms with Gasteiger partial charge in [0.05, 0.1) is 0 Å². The lowest BCUT2D eigenvalue weighted by Gasteiger charge is -2.51. The largest absolute Gasteiger partial charge is 0.311 e. The second-order valence-corrected chi connectivity index (χ2v) is 7.06. The molecule has 0 aromatic rings. The molecule has 0 bridgehead atoms. The van der Waals surface area contributed by atoms with Crippen molar-refractivity contribution in [2.75, 3.05) is 19.6 Å². The predicted octanol–water partition coefficient (Wildman–Crippen LogP) is 3.91. The van der Waals surface area contributed by atoms with Gasteiger partial charge in [-0.1, -0.05) is 48.0 Å². The van der Waals surface area contributed by atoms with Gasteiger partial charge in [-0.05, 0) is 31.1 Å². The van der Waals surface area contributed by atoms with Crippen LogP contribution in [0.25, 0.3) is 0 Å². The van der Waals surface area contributed by atoms with Crippen molar-refractivity contribution in [3.05, 3.63) is 0 Å². The Morgan fingerprint density at radius 1 is 1.16 bits per heavy atom. The molecule has 2 unspecified atom stereocenters. The minimum atomic E-state index is 0.400. The zero-order valence-corrected chi connectivity index (χ0v) is 14.1. The molecule has 1 heterocycles. The number of rotatable bonds is 7. The quantitative estimate of drug-likeness (QED) is 0.753. The summed E-state index contributed by atoms with van der Waals surface area (Å²) in [7, 11) is 0. The Kier molecular flexibility index (Phi) is 6.82. The van der Waals surface area contributed by atoms with Crippen molar-refractivity contribution in [1.29, 1.82) is 0 Å². The summed E-state index contributed by atoms with van der Waals surface area (Å²) in [5.74, 6) is 1.61. The van der Waals surface area contributed by atoms with Crippen LogP contribution >= 0.6 is 0 Å². The van der Waals surface area contributed by atoms with Gasteiger partial charge < -0.3 is 5.32 Å². The lowest BCUT2D eigenvalue weighted by Crippen LogP contribution is -2.65. The van der Waals surface area contributed by atoms with Crippen LogP contribution in [-0.4, -0.2) is 36.1 Å². The van der Waals surface area contributed by atoms with Crippen LogP contribution in [0.2, 0.25) is 0 Å². The molecule has 2 atom stereocenters. The highest BCUT2D eigenvalue weighted by atomic mass is 15.3. The third-order valence-corrected chi connectivity index (χ3v) is 5.13. The van der Waals surface area contributed by atoms with Crippen molar-refractivity contribution < 1.29 is 0 Å². The van der Waals surface area contributed by atoms with Gasteiger partial charge in [0, 0.05) is 31.2 Å². The van der Waals surface area contributed by atoms with Crippen molar-refractivity contribution in [1.82, 2.24) is 10.2 Å². The van der Waals surface area contributed by atoms with Gasteiger partial charge in [-0.25, -0.2) is 0 Å². The molecule has 0 spiro atoms. The van der Waals surface area contributed by atoms with Gasteiger partial charge in [0.25, 0.3) is 0 Å². The zero-order chi connectivity index (χ0) is 14.5. The molecule has 1 aliphatic rings. The summed E-state index contributed by atoms with van der Waals surface area (Å²) in [6.07, 6.45) is 5.13.